The molecule has 0 aliphatic carbocycles. The van der Waals surface area contributed by atoms with E-state index in [-0.39, 0.29) is 11.1 Å². The van der Waals surface area contributed by atoms with Crippen LogP contribution in [0.15, 0.2) is 52.5 Å². The number of nitrogens with one attached hydrogen (secondary N) is 1. The highest BCUT2D eigenvalue weighted by atomic mass is 79.9. The van der Waals surface area contributed by atoms with Crippen molar-refractivity contribution >= 4 is 44.9 Å². The van der Waals surface area contributed by atoms with Crippen LogP contribution >= 0.6 is 15.9 Å². The topological polar surface area (TPSA) is 65.4 Å². The monoisotopic (exact) mass is 493 g/mol. The number of carbonyl (C=O) groups is 1. The highest BCUT2D eigenvalue weighted by Crippen LogP contribution is 2.42. The predicted molar refractivity (Wildman–Crippen MR) is 135 cm³/mol. The van der Waals surface area contributed by atoms with Crippen LogP contribution in [0.3, 0.4) is 0 Å². The summed E-state index contributed by atoms with van der Waals surface area (Å²) >= 11 is 3.37. The van der Waals surface area contributed by atoms with Gasteiger partial charge < -0.3 is 15.0 Å². The highest BCUT2D eigenvalue weighted by molar-refractivity contribution is 9.10. The number of nitriles is 1. The molecule has 1 aliphatic heterocycles. The second-order valence-electron chi connectivity index (χ2n) is 8.37. The molecule has 6 heteroatoms. The van der Waals surface area contributed by atoms with Crippen LogP contribution < -0.4 is 15.0 Å². The van der Waals surface area contributed by atoms with Gasteiger partial charge in [-0.1, -0.05) is 28.9 Å². The Kier molecular flexibility index (Phi) is 7.10. The average molecular weight is 494 g/mol. The molecule has 0 spiro atoms. The minimum absolute atomic E-state index is 0.00866. The van der Waals surface area contributed by atoms with Gasteiger partial charge in [0.1, 0.15) is 17.4 Å². The largest absolute Gasteiger partial charge is 0.496 e. The van der Waals surface area contributed by atoms with E-state index < -0.39 is 5.91 Å². The van der Waals surface area contributed by atoms with Gasteiger partial charge in [-0.2, -0.15) is 5.26 Å². The molecule has 0 bridgehead atoms. The van der Waals surface area contributed by atoms with Crippen LogP contribution in [0.4, 0.5) is 11.4 Å². The fourth-order valence-corrected chi connectivity index (χ4v) is 4.34. The van der Waals surface area contributed by atoms with Crippen molar-refractivity contribution in [2.75, 3.05) is 23.9 Å². The maximum Gasteiger partial charge on any atom is 0.266 e. The second-order valence-corrected chi connectivity index (χ2v) is 9.29. The number of nitrogens with zero attached hydrogens (tertiary/aromatic N) is 2. The zero-order valence-corrected chi connectivity index (χ0v) is 20.7. The Morgan fingerprint density at radius 3 is 2.56 bits per heavy atom. The fourth-order valence-electron chi connectivity index (χ4n) is 4.08. The quantitative estimate of drug-likeness (QED) is 0.372. The van der Waals surface area contributed by atoms with Crippen LogP contribution in [0.25, 0.3) is 11.6 Å². The van der Waals surface area contributed by atoms with Crippen molar-refractivity contribution in [3.63, 3.8) is 0 Å². The number of rotatable bonds is 6. The Bertz CT molecular complexity index is 1120. The summed E-state index contributed by atoms with van der Waals surface area (Å²) in [7, 11) is 1.61. The molecule has 1 aliphatic rings. The zero-order valence-electron chi connectivity index (χ0n) is 19.1. The SMILES string of the molecule is CCCN1c2cc(OC)c(/C=C(\C#N)C(=O)Nc3ccc(Br)cc3)cc2C(C)=CC1(C)C. The lowest BCUT2D eigenvalue weighted by Crippen LogP contribution is -2.45. The molecule has 166 valence electrons. The van der Waals surface area contributed by atoms with E-state index in [1.807, 2.05) is 30.3 Å². The Morgan fingerprint density at radius 1 is 1.28 bits per heavy atom. The first-order chi connectivity index (χ1) is 15.2. The van der Waals surface area contributed by atoms with Crippen molar-refractivity contribution < 1.29 is 9.53 Å². The van der Waals surface area contributed by atoms with Crippen molar-refractivity contribution in [1.82, 2.24) is 0 Å². The van der Waals surface area contributed by atoms with E-state index in [0.717, 1.165) is 34.3 Å². The van der Waals surface area contributed by atoms with Crippen molar-refractivity contribution in [3.8, 4) is 11.8 Å². The minimum Gasteiger partial charge on any atom is -0.496 e. The summed E-state index contributed by atoms with van der Waals surface area (Å²) in [6, 6.07) is 13.2. The van der Waals surface area contributed by atoms with Gasteiger partial charge in [-0.05, 0) is 69.2 Å². The van der Waals surface area contributed by atoms with E-state index in [0.29, 0.717) is 17.0 Å². The van der Waals surface area contributed by atoms with Crippen molar-refractivity contribution in [2.24, 2.45) is 0 Å². The van der Waals surface area contributed by atoms with Gasteiger partial charge in [0.25, 0.3) is 5.91 Å². The summed E-state index contributed by atoms with van der Waals surface area (Å²) < 4.78 is 6.57. The molecule has 0 saturated carbocycles. The molecular weight excluding hydrogens is 466 g/mol. The molecule has 5 nitrogen and oxygen atoms in total. The molecule has 0 radical (unpaired) electrons. The first-order valence-corrected chi connectivity index (χ1v) is 11.4. The number of methoxy groups -OCH3 is 1. The van der Waals surface area contributed by atoms with Gasteiger partial charge in [0, 0.05) is 39.6 Å². The summed E-state index contributed by atoms with van der Waals surface area (Å²) in [5.41, 5.74) is 4.55. The molecule has 0 aromatic heterocycles. The first-order valence-electron chi connectivity index (χ1n) is 10.6. The number of carbonyl (C=O) groups excluding carboxylic acids is 1. The van der Waals surface area contributed by atoms with Gasteiger partial charge >= 0.3 is 0 Å². The standard InChI is InChI=1S/C26H28BrN3O2/c1-6-11-30-23-14-24(32-5)18(13-22(23)17(2)15-26(30,3)4)12-19(16-28)25(31)29-21-9-7-20(27)8-10-21/h7-10,12-15H,6,11H2,1-5H3,(H,29,31)/b19-12+. The van der Waals surface area contributed by atoms with Gasteiger partial charge in [0.2, 0.25) is 0 Å². The molecule has 0 saturated heterocycles. The number of fused-ring (bicyclic) bond motifs is 1. The third-order valence-electron chi connectivity index (χ3n) is 5.54. The van der Waals surface area contributed by atoms with Crippen molar-refractivity contribution in [2.45, 2.75) is 39.7 Å². The molecule has 1 N–H and O–H groups in total. The molecule has 0 unspecified atom stereocenters. The number of allylic oxidation sites excluding steroid dienone is 1. The number of benzene rings is 2. The molecule has 2 aromatic rings. The van der Waals surface area contributed by atoms with E-state index >= 15 is 0 Å². The number of halogens is 1. The van der Waals surface area contributed by atoms with E-state index in [2.05, 4.69) is 59.9 Å². The van der Waals surface area contributed by atoms with Gasteiger partial charge in [0.15, 0.2) is 0 Å². The Balaban J connectivity index is 2.03. The van der Waals surface area contributed by atoms with E-state index in [1.54, 1.807) is 25.3 Å². The van der Waals surface area contributed by atoms with E-state index in [4.69, 9.17) is 4.74 Å². The van der Waals surface area contributed by atoms with Gasteiger partial charge in [0.05, 0.1) is 12.6 Å². The summed E-state index contributed by atoms with van der Waals surface area (Å²) in [6.07, 6.45) is 4.87. The Morgan fingerprint density at radius 2 is 1.97 bits per heavy atom. The minimum atomic E-state index is -0.462. The van der Waals surface area contributed by atoms with Crippen LogP contribution in [-0.2, 0) is 4.79 Å². The number of ether oxygens (including phenoxy) is 1. The van der Waals surface area contributed by atoms with Crippen LogP contribution in [0, 0.1) is 11.3 Å². The van der Waals surface area contributed by atoms with Crippen molar-refractivity contribution in [1.29, 1.82) is 5.26 Å². The summed E-state index contributed by atoms with van der Waals surface area (Å²) in [6.45, 7) is 9.58. The van der Waals surface area contributed by atoms with Gasteiger partial charge in [-0.15, -0.1) is 0 Å². The maximum absolute atomic E-state index is 12.7. The molecule has 1 heterocycles. The number of amides is 1. The zero-order chi connectivity index (χ0) is 23.5. The van der Waals surface area contributed by atoms with Crippen LogP contribution in [-0.4, -0.2) is 25.1 Å². The lowest BCUT2D eigenvalue weighted by Gasteiger charge is -2.43. The Hall–Kier alpha value is -3.04. The molecule has 0 atom stereocenters. The normalized spacial score (nSPS) is 14.8. The molecule has 0 fully saturated rings. The third kappa shape index (κ3) is 4.89. The van der Waals surface area contributed by atoms with E-state index in [9.17, 15) is 10.1 Å². The molecule has 2 aromatic carbocycles. The third-order valence-corrected chi connectivity index (χ3v) is 6.07. The lowest BCUT2D eigenvalue weighted by atomic mass is 9.87. The van der Waals surface area contributed by atoms with Crippen LogP contribution in [0.5, 0.6) is 5.75 Å². The van der Waals surface area contributed by atoms with Crippen LogP contribution in [0.2, 0.25) is 0 Å². The number of hydrogen-bond acceptors (Lipinski definition) is 4. The highest BCUT2D eigenvalue weighted by Gasteiger charge is 2.31. The number of hydrogen-bond donors (Lipinski definition) is 1. The van der Waals surface area contributed by atoms with Gasteiger partial charge in [-0.25, -0.2) is 0 Å². The summed E-state index contributed by atoms with van der Waals surface area (Å²) in [4.78, 5) is 15.1. The average Bonchev–Trinajstić information content (AvgIpc) is 2.75. The summed E-state index contributed by atoms with van der Waals surface area (Å²) in [5.74, 6) is 0.162. The lowest BCUT2D eigenvalue weighted by molar-refractivity contribution is -0.112. The summed E-state index contributed by atoms with van der Waals surface area (Å²) in [5, 5.41) is 12.4. The second kappa shape index (κ2) is 9.62. The smallest absolute Gasteiger partial charge is 0.266 e. The van der Waals surface area contributed by atoms with Crippen molar-refractivity contribution in [3.05, 3.63) is 63.6 Å². The van der Waals surface area contributed by atoms with Gasteiger partial charge in [-0.3, -0.25) is 4.79 Å². The molecule has 32 heavy (non-hydrogen) atoms. The number of anilines is 2. The van der Waals surface area contributed by atoms with Crippen LogP contribution in [0.1, 0.15) is 45.2 Å². The molecule has 1 amide bonds. The molecule has 3 rings (SSSR count). The molecular formula is C26H28BrN3O2. The first kappa shape index (κ1) is 23.6. The van der Waals surface area contributed by atoms with E-state index in [1.165, 1.54) is 0 Å². The Labute approximate surface area is 198 Å². The fraction of sp³-hybridized carbons (Fsp3) is 0.308. The predicted octanol–water partition coefficient (Wildman–Crippen LogP) is 6.42. The maximum atomic E-state index is 12.7.